The van der Waals surface area contributed by atoms with Gasteiger partial charge in [-0.25, -0.2) is 0 Å². The van der Waals surface area contributed by atoms with E-state index in [1.807, 2.05) is 13.0 Å². The van der Waals surface area contributed by atoms with Crippen LogP contribution in [-0.2, 0) is 0 Å². The van der Waals surface area contributed by atoms with E-state index in [4.69, 9.17) is 0 Å². The molecule has 1 aliphatic rings. The highest BCUT2D eigenvalue weighted by Crippen LogP contribution is 2.34. The molecule has 1 saturated carbocycles. The molecule has 0 aliphatic heterocycles. The summed E-state index contributed by atoms with van der Waals surface area (Å²) in [5.41, 5.74) is 2.61. The van der Waals surface area contributed by atoms with E-state index in [0.29, 0.717) is 12.0 Å². The minimum absolute atomic E-state index is 0.0736. The molecule has 0 spiro atoms. The summed E-state index contributed by atoms with van der Waals surface area (Å²) in [6.07, 6.45) is 4.10. The van der Waals surface area contributed by atoms with Gasteiger partial charge < -0.3 is 10.4 Å². The zero-order chi connectivity index (χ0) is 16.4. The number of aliphatic hydroxyl groups excluding tert-OH is 1. The first-order valence-electron chi connectivity index (χ1n) is 8.01. The molecule has 23 heavy (non-hydrogen) atoms. The molecule has 2 aromatic rings. The number of pyridine rings is 1. The molecule has 1 aromatic heterocycles. The first-order chi connectivity index (χ1) is 11.1. The van der Waals surface area contributed by atoms with Gasteiger partial charge in [-0.1, -0.05) is 6.42 Å². The number of nitro benzene ring substituents is 1. The molecule has 1 fully saturated rings. The quantitative estimate of drug-likeness (QED) is 0.652. The van der Waals surface area contributed by atoms with Crippen LogP contribution in [0.2, 0.25) is 0 Å². The molecule has 0 radical (unpaired) electrons. The number of aliphatic hydroxyl groups is 1. The number of rotatable bonds is 5. The second-order valence-corrected chi connectivity index (χ2v) is 6.22. The van der Waals surface area contributed by atoms with Crippen molar-refractivity contribution in [3.63, 3.8) is 0 Å². The van der Waals surface area contributed by atoms with Crippen LogP contribution < -0.4 is 5.32 Å². The molecule has 6 nitrogen and oxygen atoms in total. The third-order valence-electron chi connectivity index (χ3n) is 4.63. The van der Waals surface area contributed by atoms with Crippen LogP contribution in [0.4, 0.5) is 11.4 Å². The van der Waals surface area contributed by atoms with E-state index in [1.165, 1.54) is 6.07 Å². The van der Waals surface area contributed by atoms with E-state index < -0.39 is 0 Å². The average Bonchev–Trinajstić information content (AvgIpc) is 2.94. The van der Waals surface area contributed by atoms with Crippen LogP contribution in [0, 0.1) is 23.0 Å². The molecule has 3 rings (SSSR count). The van der Waals surface area contributed by atoms with Crippen molar-refractivity contribution in [3.05, 3.63) is 40.1 Å². The maximum atomic E-state index is 11.0. The van der Waals surface area contributed by atoms with E-state index in [2.05, 4.69) is 10.3 Å². The number of aryl methyl sites for hydroxylation is 1. The Balaban J connectivity index is 1.98. The minimum atomic E-state index is -0.382. The Bertz CT molecular complexity index is 732. The molecule has 2 atom stereocenters. The van der Waals surface area contributed by atoms with Gasteiger partial charge in [-0.3, -0.25) is 15.1 Å². The number of fused-ring (bicyclic) bond motifs is 1. The smallest absolute Gasteiger partial charge is 0.270 e. The monoisotopic (exact) mass is 315 g/mol. The summed E-state index contributed by atoms with van der Waals surface area (Å²) >= 11 is 0. The number of hydrogen-bond acceptors (Lipinski definition) is 5. The Kier molecular flexibility index (Phi) is 4.43. The molecule has 122 valence electrons. The number of hydrogen-bond donors (Lipinski definition) is 2. The van der Waals surface area contributed by atoms with Crippen molar-refractivity contribution < 1.29 is 10.0 Å². The highest BCUT2D eigenvalue weighted by Gasteiger charge is 2.27. The van der Waals surface area contributed by atoms with Crippen LogP contribution in [0.1, 0.15) is 31.4 Å². The third kappa shape index (κ3) is 3.27. The normalized spacial score (nSPS) is 20.8. The Hall–Kier alpha value is -2.21. The molecule has 2 unspecified atom stereocenters. The summed E-state index contributed by atoms with van der Waals surface area (Å²) in [6.45, 7) is 2.12. The fraction of sp³-hybridized carbons (Fsp3) is 0.471. The van der Waals surface area contributed by atoms with Crippen LogP contribution in [-0.4, -0.2) is 27.7 Å². The van der Waals surface area contributed by atoms with Gasteiger partial charge >= 0.3 is 0 Å². The van der Waals surface area contributed by atoms with Gasteiger partial charge in [-0.2, -0.15) is 0 Å². The van der Waals surface area contributed by atoms with Crippen molar-refractivity contribution >= 4 is 22.3 Å². The van der Waals surface area contributed by atoms with Crippen molar-refractivity contribution in [1.29, 1.82) is 0 Å². The van der Waals surface area contributed by atoms with Gasteiger partial charge in [0, 0.05) is 41.5 Å². The number of aromatic nitrogens is 1. The van der Waals surface area contributed by atoms with Crippen molar-refractivity contribution in [2.75, 3.05) is 11.9 Å². The molecule has 0 bridgehead atoms. The number of anilines is 1. The summed E-state index contributed by atoms with van der Waals surface area (Å²) in [5, 5.41) is 24.6. The summed E-state index contributed by atoms with van der Waals surface area (Å²) < 4.78 is 0. The topological polar surface area (TPSA) is 88.3 Å². The standard InChI is InChI=1S/C17H21N3O3/c1-11-9-17(19-15-4-2-3-12(15)7-8-21)14-10-13(20(22)23)5-6-16(14)18-11/h5-6,9-10,12,15,21H,2-4,7-8H2,1H3,(H,18,19). The van der Waals surface area contributed by atoms with Gasteiger partial charge in [0.15, 0.2) is 0 Å². The number of nitro groups is 1. The Labute approximate surface area is 134 Å². The zero-order valence-corrected chi connectivity index (χ0v) is 13.2. The van der Waals surface area contributed by atoms with Crippen LogP contribution >= 0.6 is 0 Å². The van der Waals surface area contributed by atoms with Crippen molar-refractivity contribution in [2.45, 2.75) is 38.6 Å². The summed E-state index contributed by atoms with van der Waals surface area (Å²) in [7, 11) is 0. The lowest BCUT2D eigenvalue weighted by Gasteiger charge is -2.22. The maximum absolute atomic E-state index is 11.0. The molecular formula is C17H21N3O3. The molecule has 1 aliphatic carbocycles. The van der Waals surface area contributed by atoms with E-state index in [9.17, 15) is 15.2 Å². The van der Waals surface area contributed by atoms with Gasteiger partial charge in [-0.15, -0.1) is 0 Å². The number of non-ortho nitro benzene ring substituents is 1. The zero-order valence-electron chi connectivity index (χ0n) is 13.2. The highest BCUT2D eigenvalue weighted by atomic mass is 16.6. The molecule has 0 saturated heterocycles. The fourth-order valence-corrected chi connectivity index (χ4v) is 3.52. The first-order valence-corrected chi connectivity index (χ1v) is 8.01. The first kappa shape index (κ1) is 15.7. The largest absolute Gasteiger partial charge is 0.396 e. The SMILES string of the molecule is Cc1cc(NC2CCCC2CCO)c2cc([N+](=O)[O-])ccc2n1. The molecule has 1 heterocycles. The molecular weight excluding hydrogens is 294 g/mol. The van der Waals surface area contributed by atoms with Gasteiger partial charge in [-0.05, 0) is 44.2 Å². The van der Waals surface area contributed by atoms with Crippen LogP contribution in [0.25, 0.3) is 10.9 Å². The van der Waals surface area contributed by atoms with Gasteiger partial charge in [0.25, 0.3) is 5.69 Å². The van der Waals surface area contributed by atoms with Gasteiger partial charge in [0.2, 0.25) is 0 Å². The second-order valence-electron chi connectivity index (χ2n) is 6.22. The van der Waals surface area contributed by atoms with Crippen molar-refractivity contribution in [2.24, 2.45) is 5.92 Å². The second kappa shape index (κ2) is 6.50. The van der Waals surface area contributed by atoms with Crippen LogP contribution in [0.15, 0.2) is 24.3 Å². The van der Waals surface area contributed by atoms with E-state index >= 15 is 0 Å². The summed E-state index contributed by atoms with van der Waals surface area (Å²) in [5.74, 6) is 0.446. The molecule has 6 heteroatoms. The summed E-state index contributed by atoms with van der Waals surface area (Å²) in [6, 6.07) is 7.01. The maximum Gasteiger partial charge on any atom is 0.270 e. The molecule has 2 N–H and O–H groups in total. The lowest BCUT2D eigenvalue weighted by Crippen LogP contribution is -2.25. The van der Waals surface area contributed by atoms with Crippen LogP contribution in [0.5, 0.6) is 0 Å². The Morgan fingerprint density at radius 1 is 1.39 bits per heavy atom. The lowest BCUT2D eigenvalue weighted by atomic mass is 9.99. The highest BCUT2D eigenvalue weighted by molar-refractivity contribution is 5.93. The third-order valence-corrected chi connectivity index (χ3v) is 4.63. The minimum Gasteiger partial charge on any atom is -0.396 e. The molecule has 1 aromatic carbocycles. The van der Waals surface area contributed by atoms with Crippen molar-refractivity contribution in [3.8, 4) is 0 Å². The van der Waals surface area contributed by atoms with Crippen molar-refractivity contribution in [1.82, 2.24) is 4.98 Å². The number of benzene rings is 1. The van der Waals surface area contributed by atoms with Crippen LogP contribution in [0.3, 0.4) is 0 Å². The lowest BCUT2D eigenvalue weighted by molar-refractivity contribution is -0.384. The number of nitrogens with one attached hydrogen (secondary N) is 1. The predicted octanol–water partition coefficient (Wildman–Crippen LogP) is 3.41. The summed E-state index contributed by atoms with van der Waals surface area (Å²) in [4.78, 5) is 15.1. The molecule has 0 amide bonds. The Morgan fingerprint density at radius 3 is 2.96 bits per heavy atom. The van der Waals surface area contributed by atoms with E-state index in [0.717, 1.165) is 48.0 Å². The van der Waals surface area contributed by atoms with Gasteiger partial charge in [0.05, 0.1) is 10.4 Å². The van der Waals surface area contributed by atoms with E-state index in [1.54, 1.807) is 12.1 Å². The van der Waals surface area contributed by atoms with Gasteiger partial charge in [0.1, 0.15) is 0 Å². The Morgan fingerprint density at radius 2 is 2.22 bits per heavy atom. The van der Waals surface area contributed by atoms with E-state index in [-0.39, 0.29) is 17.2 Å². The number of nitrogens with zero attached hydrogens (tertiary/aromatic N) is 2. The predicted molar refractivity (Wildman–Crippen MR) is 89.6 cm³/mol. The fourth-order valence-electron chi connectivity index (χ4n) is 3.52. The average molecular weight is 315 g/mol.